The first-order chi connectivity index (χ1) is 9.60. The van der Waals surface area contributed by atoms with Crippen molar-refractivity contribution in [2.45, 2.75) is 20.8 Å². The van der Waals surface area contributed by atoms with Crippen LogP contribution in [0.2, 0.25) is 0 Å². The zero-order chi connectivity index (χ0) is 14.5. The molecule has 0 unspecified atom stereocenters. The fourth-order valence-electron chi connectivity index (χ4n) is 2.07. The maximum absolute atomic E-state index is 12.4. The minimum absolute atomic E-state index is 0.109. The zero-order valence-corrected chi connectivity index (χ0v) is 12.2. The highest BCUT2D eigenvalue weighted by molar-refractivity contribution is 6.01. The molecule has 0 atom stereocenters. The number of amides is 2. The van der Waals surface area contributed by atoms with E-state index >= 15 is 0 Å². The van der Waals surface area contributed by atoms with Gasteiger partial charge in [0.15, 0.2) is 0 Å². The van der Waals surface area contributed by atoms with Crippen LogP contribution in [0, 0.1) is 13.8 Å². The van der Waals surface area contributed by atoms with Crippen molar-refractivity contribution < 1.29 is 4.79 Å². The fraction of sp³-hybridized carbons (Fsp3) is 0.235. The molecule has 2 rings (SSSR count). The average Bonchev–Trinajstić information content (AvgIpc) is 2.42. The molecule has 2 aromatic carbocycles. The van der Waals surface area contributed by atoms with Crippen molar-refractivity contribution in [1.82, 2.24) is 0 Å². The van der Waals surface area contributed by atoms with Gasteiger partial charge < -0.3 is 5.32 Å². The second-order valence-corrected chi connectivity index (χ2v) is 4.88. The van der Waals surface area contributed by atoms with Crippen LogP contribution in [0.15, 0.2) is 48.5 Å². The predicted octanol–water partition coefficient (Wildman–Crippen LogP) is 4.36. The van der Waals surface area contributed by atoms with E-state index in [9.17, 15) is 4.79 Å². The van der Waals surface area contributed by atoms with E-state index in [0.29, 0.717) is 6.54 Å². The monoisotopic (exact) mass is 268 g/mol. The third-order valence-electron chi connectivity index (χ3n) is 3.18. The van der Waals surface area contributed by atoms with Crippen molar-refractivity contribution in [3.8, 4) is 0 Å². The van der Waals surface area contributed by atoms with Crippen molar-refractivity contribution in [3.63, 3.8) is 0 Å². The molecular weight excluding hydrogens is 248 g/mol. The molecule has 3 nitrogen and oxygen atoms in total. The first-order valence-corrected chi connectivity index (χ1v) is 6.82. The summed E-state index contributed by atoms with van der Waals surface area (Å²) in [5.41, 5.74) is 4.04. The summed E-state index contributed by atoms with van der Waals surface area (Å²) in [5, 5.41) is 2.93. The fourth-order valence-corrected chi connectivity index (χ4v) is 2.07. The SMILES string of the molecule is CCN(C(=O)Nc1ccc(C)cc1)c1cccc(C)c1. The molecule has 0 aliphatic rings. The molecule has 0 aliphatic carbocycles. The van der Waals surface area contributed by atoms with Crippen LogP contribution in [0.3, 0.4) is 0 Å². The van der Waals surface area contributed by atoms with Crippen LogP contribution >= 0.6 is 0 Å². The van der Waals surface area contributed by atoms with Gasteiger partial charge in [0.1, 0.15) is 0 Å². The quantitative estimate of drug-likeness (QED) is 0.881. The number of carbonyl (C=O) groups is 1. The first-order valence-electron chi connectivity index (χ1n) is 6.82. The third kappa shape index (κ3) is 3.38. The van der Waals surface area contributed by atoms with Crippen LogP contribution in [0.25, 0.3) is 0 Å². The van der Waals surface area contributed by atoms with Crippen molar-refractivity contribution in [1.29, 1.82) is 0 Å². The van der Waals surface area contributed by atoms with Crippen LogP contribution in [0.5, 0.6) is 0 Å². The highest BCUT2D eigenvalue weighted by Crippen LogP contribution is 2.17. The van der Waals surface area contributed by atoms with E-state index in [4.69, 9.17) is 0 Å². The maximum Gasteiger partial charge on any atom is 0.326 e. The minimum atomic E-state index is -0.109. The molecule has 0 heterocycles. The van der Waals surface area contributed by atoms with Crippen LogP contribution < -0.4 is 10.2 Å². The smallest absolute Gasteiger partial charge is 0.308 e. The van der Waals surface area contributed by atoms with Gasteiger partial charge in [-0.15, -0.1) is 0 Å². The molecule has 104 valence electrons. The van der Waals surface area contributed by atoms with Crippen molar-refractivity contribution in [2.24, 2.45) is 0 Å². The molecule has 2 aromatic rings. The number of anilines is 2. The van der Waals surface area contributed by atoms with Gasteiger partial charge in [-0.25, -0.2) is 4.79 Å². The van der Waals surface area contributed by atoms with Gasteiger partial charge in [-0.3, -0.25) is 4.90 Å². The predicted molar refractivity (Wildman–Crippen MR) is 84.4 cm³/mol. The highest BCUT2D eigenvalue weighted by atomic mass is 16.2. The Morgan fingerprint density at radius 3 is 2.35 bits per heavy atom. The standard InChI is InChI=1S/C17H20N2O/c1-4-19(16-7-5-6-14(3)12-16)17(20)18-15-10-8-13(2)9-11-15/h5-12H,4H2,1-3H3,(H,18,20). The van der Waals surface area contributed by atoms with E-state index in [1.165, 1.54) is 5.56 Å². The molecule has 2 amide bonds. The summed E-state index contributed by atoms with van der Waals surface area (Å²) in [4.78, 5) is 14.1. The van der Waals surface area contributed by atoms with E-state index in [-0.39, 0.29) is 6.03 Å². The Labute approximate surface area is 120 Å². The lowest BCUT2D eigenvalue weighted by Crippen LogP contribution is -2.34. The number of hydrogen-bond acceptors (Lipinski definition) is 1. The molecule has 0 radical (unpaired) electrons. The average molecular weight is 268 g/mol. The summed E-state index contributed by atoms with van der Waals surface area (Å²) in [7, 11) is 0. The zero-order valence-electron chi connectivity index (χ0n) is 12.2. The molecule has 1 N–H and O–H groups in total. The van der Waals surface area contributed by atoms with Crippen LogP contribution in [0.4, 0.5) is 16.2 Å². The Morgan fingerprint density at radius 1 is 1.05 bits per heavy atom. The van der Waals surface area contributed by atoms with Crippen LogP contribution in [-0.2, 0) is 0 Å². The van der Waals surface area contributed by atoms with Gasteiger partial charge >= 0.3 is 6.03 Å². The minimum Gasteiger partial charge on any atom is -0.308 e. The van der Waals surface area contributed by atoms with Gasteiger partial charge in [-0.05, 0) is 50.6 Å². The number of nitrogens with zero attached hydrogens (tertiary/aromatic N) is 1. The van der Waals surface area contributed by atoms with E-state index in [2.05, 4.69) is 5.32 Å². The largest absolute Gasteiger partial charge is 0.326 e. The lowest BCUT2D eigenvalue weighted by molar-refractivity contribution is 0.257. The Bertz CT molecular complexity index is 590. The molecule has 0 saturated heterocycles. The van der Waals surface area contributed by atoms with Gasteiger partial charge in [0, 0.05) is 17.9 Å². The molecule has 0 bridgehead atoms. The molecular formula is C17H20N2O. The second kappa shape index (κ2) is 6.24. The maximum atomic E-state index is 12.4. The second-order valence-electron chi connectivity index (χ2n) is 4.88. The van der Waals surface area contributed by atoms with Crippen molar-refractivity contribution in [2.75, 3.05) is 16.8 Å². The van der Waals surface area contributed by atoms with Crippen LogP contribution in [0.1, 0.15) is 18.1 Å². The summed E-state index contributed by atoms with van der Waals surface area (Å²) in [5.74, 6) is 0. The summed E-state index contributed by atoms with van der Waals surface area (Å²) in [6.07, 6.45) is 0. The number of rotatable bonds is 3. The lowest BCUT2D eigenvalue weighted by Gasteiger charge is -2.22. The number of benzene rings is 2. The molecule has 0 saturated carbocycles. The first kappa shape index (κ1) is 14.1. The molecule has 0 aliphatic heterocycles. The van der Waals surface area contributed by atoms with Gasteiger partial charge in [0.2, 0.25) is 0 Å². The van der Waals surface area contributed by atoms with Gasteiger partial charge in [-0.1, -0.05) is 29.8 Å². The summed E-state index contributed by atoms with van der Waals surface area (Å²) in [6, 6.07) is 15.6. The molecule has 0 fully saturated rings. The Kier molecular flexibility index (Phi) is 4.41. The van der Waals surface area contributed by atoms with Crippen LogP contribution in [-0.4, -0.2) is 12.6 Å². The number of nitrogens with one attached hydrogen (secondary N) is 1. The van der Waals surface area contributed by atoms with Gasteiger partial charge in [0.05, 0.1) is 0 Å². The molecule has 20 heavy (non-hydrogen) atoms. The molecule has 3 heteroatoms. The Hall–Kier alpha value is -2.29. The summed E-state index contributed by atoms with van der Waals surface area (Å²) in [6.45, 7) is 6.64. The van der Waals surface area contributed by atoms with Crippen molar-refractivity contribution >= 4 is 17.4 Å². The van der Waals surface area contributed by atoms with Gasteiger partial charge in [0.25, 0.3) is 0 Å². The molecule has 0 spiro atoms. The number of carbonyl (C=O) groups excluding carboxylic acids is 1. The Morgan fingerprint density at radius 2 is 1.75 bits per heavy atom. The summed E-state index contributed by atoms with van der Waals surface area (Å²) >= 11 is 0. The highest BCUT2D eigenvalue weighted by Gasteiger charge is 2.13. The van der Waals surface area contributed by atoms with Gasteiger partial charge in [-0.2, -0.15) is 0 Å². The summed E-state index contributed by atoms with van der Waals surface area (Å²) < 4.78 is 0. The molecule has 0 aromatic heterocycles. The van der Waals surface area contributed by atoms with E-state index in [1.807, 2.05) is 69.3 Å². The van der Waals surface area contributed by atoms with Crippen molar-refractivity contribution in [3.05, 3.63) is 59.7 Å². The lowest BCUT2D eigenvalue weighted by atomic mass is 10.2. The number of hydrogen-bond donors (Lipinski definition) is 1. The topological polar surface area (TPSA) is 32.3 Å². The van der Waals surface area contributed by atoms with E-state index in [1.54, 1.807) is 4.90 Å². The van der Waals surface area contributed by atoms with E-state index < -0.39 is 0 Å². The third-order valence-corrected chi connectivity index (χ3v) is 3.18. The number of urea groups is 1. The normalized spacial score (nSPS) is 10.2. The number of aryl methyl sites for hydroxylation is 2. The van der Waals surface area contributed by atoms with E-state index in [0.717, 1.165) is 16.9 Å². The Balaban J connectivity index is 2.15.